The second kappa shape index (κ2) is 4.81. The Morgan fingerprint density at radius 1 is 1.33 bits per heavy atom. The van der Waals surface area contributed by atoms with Crippen LogP contribution < -0.4 is 11.1 Å². The first-order chi connectivity index (χ1) is 8.47. The van der Waals surface area contributed by atoms with Crippen LogP contribution in [0, 0.1) is 13.8 Å². The number of rotatable bonds is 2. The first-order valence-corrected chi connectivity index (χ1v) is 6.15. The SMILES string of the molecule is Cc1cc(Br)cc(C)c1NC(=O)c1cc(N)n[nH]1. The van der Waals surface area contributed by atoms with Crippen LogP contribution in [0.4, 0.5) is 11.5 Å². The molecule has 0 fully saturated rings. The first-order valence-electron chi connectivity index (χ1n) is 5.36. The zero-order chi connectivity index (χ0) is 13.3. The first kappa shape index (κ1) is 12.6. The van der Waals surface area contributed by atoms with E-state index in [0.29, 0.717) is 11.5 Å². The number of hydrogen-bond acceptors (Lipinski definition) is 3. The highest BCUT2D eigenvalue weighted by Crippen LogP contribution is 2.25. The van der Waals surface area contributed by atoms with Crippen molar-refractivity contribution >= 4 is 33.3 Å². The third kappa shape index (κ3) is 2.53. The maximum atomic E-state index is 12.0. The molecule has 0 radical (unpaired) electrons. The van der Waals surface area contributed by atoms with Crippen LogP contribution in [0.5, 0.6) is 0 Å². The molecule has 0 saturated heterocycles. The van der Waals surface area contributed by atoms with Crippen LogP contribution in [0.2, 0.25) is 0 Å². The molecule has 5 nitrogen and oxygen atoms in total. The highest BCUT2D eigenvalue weighted by Gasteiger charge is 2.12. The monoisotopic (exact) mass is 308 g/mol. The van der Waals surface area contributed by atoms with Gasteiger partial charge in [-0.15, -0.1) is 0 Å². The van der Waals surface area contributed by atoms with Crippen molar-refractivity contribution in [1.82, 2.24) is 10.2 Å². The van der Waals surface area contributed by atoms with E-state index in [4.69, 9.17) is 5.73 Å². The molecule has 0 saturated carbocycles. The summed E-state index contributed by atoms with van der Waals surface area (Å²) in [5, 5.41) is 9.15. The molecule has 0 bridgehead atoms. The van der Waals surface area contributed by atoms with Crippen LogP contribution in [0.1, 0.15) is 21.6 Å². The summed E-state index contributed by atoms with van der Waals surface area (Å²) < 4.78 is 0.987. The third-order valence-electron chi connectivity index (χ3n) is 2.58. The van der Waals surface area contributed by atoms with Gasteiger partial charge in [0.15, 0.2) is 0 Å². The normalized spacial score (nSPS) is 10.4. The van der Waals surface area contributed by atoms with E-state index in [-0.39, 0.29) is 5.91 Å². The summed E-state index contributed by atoms with van der Waals surface area (Å²) in [4.78, 5) is 12.0. The van der Waals surface area contributed by atoms with Crippen molar-refractivity contribution in [2.45, 2.75) is 13.8 Å². The van der Waals surface area contributed by atoms with Crippen molar-refractivity contribution in [2.75, 3.05) is 11.1 Å². The molecule has 4 N–H and O–H groups in total. The molecule has 0 unspecified atom stereocenters. The summed E-state index contributed by atoms with van der Waals surface area (Å²) in [5.41, 5.74) is 8.58. The number of nitrogens with zero attached hydrogens (tertiary/aromatic N) is 1. The van der Waals surface area contributed by atoms with E-state index < -0.39 is 0 Å². The molecular formula is C12H13BrN4O. The number of hydrogen-bond donors (Lipinski definition) is 3. The van der Waals surface area contributed by atoms with E-state index in [1.54, 1.807) is 0 Å². The topological polar surface area (TPSA) is 83.8 Å². The van der Waals surface area contributed by atoms with Crippen molar-refractivity contribution in [2.24, 2.45) is 0 Å². The second-order valence-electron chi connectivity index (χ2n) is 4.08. The highest BCUT2D eigenvalue weighted by molar-refractivity contribution is 9.10. The number of aryl methyl sites for hydroxylation is 2. The second-order valence-corrected chi connectivity index (χ2v) is 4.99. The maximum Gasteiger partial charge on any atom is 0.273 e. The Morgan fingerprint density at radius 2 is 1.94 bits per heavy atom. The molecule has 0 atom stereocenters. The van der Waals surface area contributed by atoms with Crippen molar-refractivity contribution in [1.29, 1.82) is 0 Å². The lowest BCUT2D eigenvalue weighted by Gasteiger charge is -2.11. The largest absolute Gasteiger partial charge is 0.382 e. The molecule has 0 aliphatic heterocycles. The molecule has 1 aromatic carbocycles. The summed E-state index contributed by atoms with van der Waals surface area (Å²) >= 11 is 3.42. The van der Waals surface area contributed by atoms with E-state index in [2.05, 4.69) is 31.4 Å². The number of nitrogens with two attached hydrogens (primary N) is 1. The van der Waals surface area contributed by atoms with Gasteiger partial charge in [0.25, 0.3) is 5.91 Å². The predicted octanol–water partition coefficient (Wildman–Crippen LogP) is 2.62. The zero-order valence-electron chi connectivity index (χ0n) is 10.0. The van der Waals surface area contributed by atoms with Crippen LogP contribution in [0.15, 0.2) is 22.7 Å². The number of anilines is 2. The fourth-order valence-electron chi connectivity index (χ4n) is 1.74. The van der Waals surface area contributed by atoms with Crippen molar-refractivity contribution in [3.63, 3.8) is 0 Å². The summed E-state index contributed by atoms with van der Waals surface area (Å²) in [7, 11) is 0. The van der Waals surface area contributed by atoms with Crippen LogP contribution in [0.3, 0.4) is 0 Å². The Balaban J connectivity index is 2.27. The number of benzene rings is 1. The van der Waals surface area contributed by atoms with Gasteiger partial charge >= 0.3 is 0 Å². The number of carbonyl (C=O) groups is 1. The number of halogens is 1. The number of carbonyl (C=O) groups excluding carboxylic acids is 1. The Hall–Kier alpha value is -1.82. The van der Waals surface area contributed by atoms with Gasteiger partial charge in [0.1, 0.15) is 11.5 Å². The van der Waals surface area contributed by atoms with E-state index >= 15 is 0 Å². The summed E-state index contributed by atoms with van der Waals surface area (Å²) in [6, 6.07) is 5.40. The average molecular weight is 309 g/mol. The highest BCUT2D eigenvalue weighted by atomic mass is 79.9. The van der Waals surface area contributed by atoms with Gasteiger partial charge in [0, 0.05) is 16.2 Å². The third-order valence-corrected chi connectivity index (χ3v) is 3.04. The van der Waals surface area contributed by atoms with Crippen molar-refractivity contribution < 1.29 is 4.79 Å². The average Bonchev–Trinajstić information content (AvgIpc) is 2.70. The number of nitrogen functional groups attached to an aromatic ring is 1. The number of amides is 1. The molecule has 0 aliphatic carbocycles. The van der Waals surface area contributed by atoms with Crippen LogP contribution in [-0.4, -0.2) is 16.1 Å². The molecule has 1 amide bonds. The summed E-state index contributed by atoms with van der Waals surface area (Å²) in [6.45, 7) is 3.88. The minimum atomic E-state index is -0.257. The van der Waals surface area contributed by atoms with Gasteiger partial charge < -0.3 is 11.1 Å². The van der Waals surface area contributed by atoms with Gasteiger partial charge in [-0.25, -0.2) is 0 Å². The summed E-state index contributed by atoms with van der Waals surface area (Å²) in [6.07, 6.45) is 0. The Bertz CT molecular complexity index is 583. The van der Waals surface area contributed by atoms with Gasteiger partial charge in [0.05, 0.1) is 0 Å². The van der Waals surface area contributed by atoms with E-state index in [0.717, 1.165) is 21.3 Å². The summed E-state index contributed by atoms with van der Waals surface area (Å²) in [5.74, 6) is 0.0390. The van der Waals surface area contributed by atoms with E-state index in [1.165, 1.54) is 6.07 Å². The molecule has 0 aliphatic rings. The van der Waals surface area contributed by atoms with Crippen LogP contribution >= 0.6 is 15.9 Å². The van der Waals surface area contributed by atoms with E-state index in [9.17, 15) is 4.79 Å². The molecular weight excluding hydrogens is 296 g/mol. The quantitative estimate of drug-likeness (QED) is 0.797. The lowest BCUT2D eigenvalue weighted by Crippen LogP contribution is -2.14. The lowest BCUT2D eigenvalue weighted by molar-refractivity contribution is 0.102. The minimum Gasteiger partial charge on any atom is -0.382 e. The van der Waals surface area contributed by atoms with Gasteiger partial charge in [-0.2, -0.15) is 5.10 Å². The van der Waals surface area contributed by atoms with Crippen molar-refractivity contribution in [3.8, 4) is 0 Å². The molecule has 6 heteroatoms. The van der Waals surface area contributed by atoms with E-state index in [1.807, 2.05) is 26.0 Å². The maximum absolute atomic E-state index is 12.0. The molecule has 2 aromatic rings. The Labute approximate surface area is 113 Å². The number of aromatic amines is 1. The number of aromatic nitrogens is 2. The molecule has 0 spiro atoms. The Morgan fingerprint density at radius 3 is 2.44 bits per heavy atom. The number of nitrogens with one attached hydrogen (secondary N) is 2. The minimum absolute atomic E-state index is 0.257. The van der Waals surface area contributed by atoms with Crippen LogP contribution in [-0.2, 0) is 0 Å². The zero-order valence-corrected chi connectivity index (χ0v) is 11.6. The fraction of sp³-hybridized carbons (Fsp3) is 0.167. The lowest BCUT2D eigenvalue weighted by atomic mass is 10.1. The van der Waals surface area contributed by atoms with Crippen LogP contribution in [0.25, 0.3) is 0 Å². The Kier molecular flexibility index (Phi) is 3.38. The smallest absolute Gasteiger partial charge is 0.273 e. The number of H-pyrrole nitrogens is 1. The van der Waals surface area contributed by atoms with Gasteiger partial charge in [-0.1, -0.05) is 15.9 Å². The van der Waals surface area contributed by atoms with Crippen molar-refractivity contribution in [3.05, 3.63) is 39.5 Å². The van der Waals surface area contributed by atoms with Gasteiger partial charge in [0.2, 0.25) is 0 Å². The molecule has 1 aromatic heterocycles. The fourth-order valence-corrected chi connectivity index (χ4v) is 2.43. The predicted molar refractivity (Wildman–Crippen MR) is 74.6 cm³/mol. The molecule has 94 valence electrons. The molecule has 18 heavy (non-hydrogen) atoms. The molecule has 2 rings (SSSR count). The van der Waals surface area contributed by atoms with Gasteiger partial charge in [-0.05, 0) is 37.1 Å². The van der Waals surface area contributed by atoms with Gasteiger partial charge in [-0.3, -0.25) is 9.89 Å². The molecule has 1 heterocycles. The standard InChI is InChI=1S/C12H13BrN4O/c1-6-3-8(13)4-7(2)11(6)15-12(18)9-5-10(14)17-16-9/h3-5H,1-2H3,(H,15,18)(H3,14,16,17).